The maximum atomic E-state index is 13.9. The Labute approximate surface area is 290 Å². The maximum Gasteiger partial charge on any atom is 0.276 e. The van der Waals surface area contributed by atoms with E-state index in [2.05, 4.69) is 25.9 Å². The number of nitrogens with one attached hydrogen (secondary N) is 1. The van der Waals surface area contributed by atoms with Crippen LogP contribution in [-0.2, 0) is 11.2 Å². The van der Waals surface area contributed by atoms with Crippen molar-refractivity contribution < 1.29 is 18.8 Å². The normalized spacial score (nSPS) is 24.0. The molecule has 1 aromatic carbocycles. The molecule has 3 aromatic rings. The van der Waals surface area contributed by atoms with Crippen LogP contribution in [0.5, 0.6) is 0 Å². The largest absolute Gasteiger partial charge is 0.353 e. The van der Waals surface area contributed by atoms with Crippen molar-refractivity contribution >= 4 is 29.3 Å². The summed E-state index contributed by atoms with van der Waals surface area (Å²) in [6.07, 6.45) is 15.1. The molecule has 7 rings (SSSR count). The molecule has 4 fully saturated rings. The van der Waals surface area contributed by atoms with Crippen molar-refractivity contribution in [3.05, 3.63) is 58.4 Å². The Morgan fingerprint density at radius 1 is 0.776 bits per heavy atom. The Hall–Kier alpha value is -3.91. The first-order chi connectivity index (χ1) is 23.7. The molecule has 13 nitrogen and oxygen atoms in total. The van der Waals surface area contributed by atoms with Crippen LogP contribution in [0.3, 0.4) is 0 Å². The van der Waals surface area contributed by atoms with Crippen LogP contribution in [-0.4, -0.2) is 95.8 Å². The van der Waals surface area contributed by atoms with Gasteiger partial charge in [0.15, 0.2) is 11.4 Å². The van der Waals surface area contributed by atoms with Crippen LogP contribution in [0, 0.1) is 5.82 Å². The van der Waals surface area contributed by atoms with Crippen molar-refractivity contribution in [3.8, 4) is 0 Å². The number of halogens is 2. The van der Waals surface area contributed by atoms with Gasteiger partial charge in [-0.15, -0.1) is 10.2 Å². The number of aromatic nitrogens is 6. The number of hydrogen-bond donors (Lipinski definition) is 2. The minimum Gasteiger partial charge on any atom is -0.353 e. The second kappa shape index (κ2) is 16.2. The van der Waals surface area contributed by atoms with Crippen molar-refractivity contribution in [2.24, 2.45) is 5.73 Å². The smallest absolute Gasteiger partial charge is 0.276 e. The number of nitrogens with zero attached hydrogens (tertiary/aromatic N) is 8. The number of carbonyl (C=O) groups excluding carboxylic acids is 3. The number of amides is 3. The Balaban J connectivity index is 0.000000188. The molecule has 2 aliphatic carbocycles. The van der Waals surface area contributed by atoms with Gasteiger partial charge in [-0.2, -0.15) is 0 Å². The summed E-state index contributed by atoms with van der Waals surface area (Å²) in [5.74, 6) is -0.723. The van der Waals surface area contributed by atoms with E-state index in [9.17, 15) is 18.8 Å². The van der Waals surface area contributed by atoms with Crippen LogP contribution in [0.2, 0.25) is 5.02 Å². The molecule has 15 heteroatoms. The predicted octanol–water partition coefficient (Wildman–Crippen LogP) is 4.11. The van der Waals surface area contributed by atoms with Gasteiger partial charge in [0.25, 0.3) is 11.8 Å². The molecule has 2 saturated heterocycles. The van der Waals surface area contributed by atoms with Gasteiger partial charge in [-0.3, -0.25) is 14.4 Å². The first-order valence-electron chi connectivity index (χ1n) is 17.6. The molecule has 2 saturated carbocycles. The minimum atomic E-state index is -0.466. The van der Waals surface area contributed by atoms with E-state index in [0.717, 1.165) is 103 Å². The van der Waals surface area contributed by atoms with Gasteiger partial charge in [0.2, 0.25) is 5.91 Å². The van der Waals surface area contributed by atoms with E-state index < -0.39 is 5.82 Å². The fourth-order valence-corrected chi connectivity index (χ4v) is 7.49. The molecule has 4 aliphatic rings. The predicted molar refractivity (Wildman–Crippen MR) is 180 cm³/mol. The molecule has 2 aliphatic heterocycles. The summed E-state index contributed by atoms with van der Waals surface area (Å²) in [4.78, 5) is 40.6. The summed E-state index contributed by atoms with van der Waals surface area (Å²) in [5.41, 5.74) is 7.01. The zero-order chi connectivity index (χ0) is 34.3. The number of carbonyl (C=O) groups is 3. The molecular weight excluding hydrogens is 651 g/mol. The van der Waals surface area contributed by atoms with Gasteiger partial charge in [0.1, 0.15) is 5.82 Å². The standard InChI is InChI=1S/C21H25ClFN5O2.C13H21N5O/c22-17-4-3-5-18(23)16(17)12-20(29)24-14-6-8-15(9-7-14)28-13-19(25-26-28)21(30)27-10-1-2-11-27;14-10-3-5-11(6-4-10)18-9-12(15-16-18)13(19)17-7-1-2-8-17/h3-5,13-15H,1-2,6-12H2,(H,24,29);9-11H,1-8,14H2. The summed E-state index contributed by atoms with van der Waals surface area (Å²) in [7, 11) is 0. The monoisotopic (exact) mass is 696 g/mol. The van der Waals surface area contributed by atoms with Gasteiger partial charge in [-0.05, 0) is 89.2 Å². The van der Waals surface area contributed by atoms with Gasteiger partial charge >= 0.3 is 0 Å². The van der Waals surface area contributed by atoms with Crippen molar-refractivity contribution in [2.45, 2.75) is 108 Å². The highest BCUT2D eigenvalue weighted by Crippen LogP contribution is 2.29. The minimum absolute atomic E-state index is 0.0243. The lowest BCUT2D eigenvalue weighted by Crippen LogP contribution is -2.39. The molecule has 0 radical (unpaired) electrons. The van der Waals surface area contributed by atoms with Crippen molar-refractivity contribution in [3.63, 3.8) is 0 Å². The Bertz CT molecular complexity index is 1570. The van der Waals surface area contributed by atoms with Crippen LogP contribution in [0.1, 0.15) is 116 Å². The molecule has 4 heterocycles. The third-order valence-electron chi connectivity index (χ3n) is 10.2. The first kappa shape index (κ1) is 34.9. The van der Waals surface area contributed by atoms with E-state index in [4.69, 9.17) is 17.3 Å². The van der Waals surface area contributed by atoms with Crippen molar-refractivity contribution in [1.82, 2.24) is 45.1 Å². The lowest BCUT2D eigenvalue weighted by Gasteiger charge is -2.29. The lowest BCUT2D eigenvalue weighted by molar-refractivity contribution is -0.121. The highest BCUT2D eigenvalue weighted by atomic mass is 35.5. The van der Waals surface area contributed by atoms with Gasteiger partial charge in [-0.1, -0.05) is 28.1 Å². The van der Waals surface area contributed by atoms with Crippen LogP contribution >= 0.6 is 11.6 Å². The summed E-state index contributed by atoms with van der Waals surface area (Å²) < 4.78 is 17.5. The molecule has 3 amide bonds. The maximum absolute atomic E-state index is 13.9. The highest BCUT2D eigenvalue weighted by molar-refractivity contribution is 6.31. The number of nitrogens with two attached hydrogens (primary N) is 1. The molecular formula is C34H46ClFN10O3. The van der Waals surface area contributed by atoms with Gasteiger partial charge in [0, 0.05) is 48.8 Å². The second-order valence-electron chi connectivity index (χ2n) is 13.7. The summed E-state index contributed by atoms with van der Waals surface area (Å²) >= 11 is 6.01. The van der Waals surface area contributed by atoms with Crippen LogP contribution in [0.25, 0.3) is 0 Å². The first-order valence-corrected chi connectivity index (χ1v) is 18.0. The van der Waals surface area contributed by atoms with E-state index in [1.54, 1.807) is 16.9 Å². The van der Waals surface area contributed by atoms with Gasteiger partial charge in [0.05, 0.1) is 30.9 Å². The number of likely N-dealkylation sites (tertiary alicyclic amines) is 2. The van der Waals surface area contributed by atoms with E-state index >= 15 is 0 Å². The second-order valence-corrected chi connectivity index (χ2v) is 14.1. The van der Waals surface area contributed by atoms with Gasteiger partial charge < -0.3 is 20.9 Å². The van der Waals surface area contributed by atoms with E-state index in [0.29, 0.717) is 23.5 Å². The molecule has 0 bridgehead atoms. The summed E-state index contributed by atoms with van der Waals surface area (Å²) in [6, 6.07) is 5.28. The molecule has 49 heavy (non-hydrogen) atoms. The van der Waals surface area contributed by atoms with E-state index in [-0.39, 0.29) is 46.8 Å². The zero-order valence-corrected chi connectivity index (χ0v) is 28.6. The van der Waals surface area contributed by atoms with Crippen LogP contribution < -0.4 is 11.1 Å². The summed E-state index contributed by atoms with van der Waals surface area (Å²) in [6.45, 7) is 3.27. The van der Waals surface area contributed by atoms with Gasteiger partial charge in [-0.25, -0.2) is 13.8 Å². The Morgan fingerprint density at radius 3 is 1.76 bits per heavy atom. The zero-order valence-electron chi connectivity index (χ0n) is 27.9. The Morgan fingerprint density at radius 2 is 1.27 bits per heavy atom. The molecule has 3 N–H and O–H groups in total. The summed E-state index contributed by atoms with van der Waals surface area (Å²) in [5, 5.41) is 19.7. The fourth-order valence-electron chi connectivity index (χ4n) is 7.26. The van der Waals surface area contributed by atoms with E-state index in [1.807, 2.05) is 20.7 Å². The van der Waals surface area contributed by atoms with Crippen molar-refractivity contribution in [1.29, 1.82) is 0 Å². The van der Waals surface area contributed by atoms with E-state index in [1.165, 1.54) is 12.1 Å². The third kappa shape index (κ3) is 8.82. The molecule has 0 atom stereocenters. The molecule has 264 valence electrons. The van der Waals surface area contributed by atoms with Crippen LogP contribution in [0.15, 0.2) is 30.6 Å². The number of benzene rings is 1. The number of rotatable bonds is 7. The Kier molecular flexibility index (Phi) is 11.5. The lowest BCUT2D eigenvalue weighted by atomic mass is 9.91. The number of hydrogen-bond acceptors (Lipinski definition) is 8. The highest BCUT2D eigenvalue weighted by Gasteiger charge is 2.28. The fraction of sp³-hybridized carbons (Fsp3) is 0.618. The molecule has 2 aromatic heterocycles. The quantitative estimate of drug-likeness (QED) is 0.374. The average Bonchev–Trinajstić information content (AvgIpc) is 3.95. The van der Waals surface area contributed by atoms with Crippen molar-refractivity contribution in [2.75, 3.05) is 26.2 Å². The molecule has 0 unspecified atom stereocenters. The third-order valence-corrected chi connectivity index (χ3v) is 10.5. The van der Waals surface area contributed by atoms with Crippen LogP contribution in [0.4, 0.5) is 4.39 Å². The average molecular weight is 697 g/mol. The molecule has 0 spiro atoms. The topological polar surface area (TPSA) is 157 Å². The SMILES string of the molecule is NC1CCC(n2cc(C(=O)N3CCCC3)nn2)CC1.O=C(Cc1c(F)cccc1Cl)NC1CCC(n2cc(C(=O)N3CCCC3)nn2)CC1.